The number of thiocarbonyl (C=S) groups is 1. The van der Waals surface area contributed by atoms with Crippen molar-refractivity contribution in [3.05, 3.63) is 54.3 Å². The quantitative estimate of drug-likeness (QED) is 0.227. The number of aromatic nitrogens is 1. The molecule has 11 heteroatoms. The van der Waals surface area contributed by atoms with E-state index in [2.05, 4.69) is 15.5 Å². The molecule has 0 aliphatic carbocycles. The van der Waals surface area contributed by atoms with Crippen LogP contribution in [0, 0.1) is 5.82 Å². The molecule has 4 N–H and O–H groups in total. The predicted molar refractivity (Wildman–Crippen MR) is 120 cm³/mol. The molecule has 1 aromatic heterocycles. The van der Waals surface area contributed by atoms with Crippen molar-refractivity contribution in [1.82, 2.24) is 4.57 Å². The molecular formula is C21H23FN4O5S. The van der Waals surface area contributed by atoms with Gasteiger partial charge in [-0.25, -0.2) is 4.39 Å². The number of halogens is 1. The average molecular weight is 463 g/mol. The Balaban J connectivity index is 1.84. The van der Waals surface area contributed by atoms with E-state index in [1.807, 2.05) is 18.2 Å². The Morgan fingerprint density at radius 2 is 1.88 bits per heavy atom. The Hall–Kier alpha value is -2.96. The van der Waals surface area contributed by atoms with Gasteiger partial charge < -0.3 is 34.7 Å². The summed E-state index contributed by atoms with van der Waals surface area (Å²) in [4.78, 5) is 0. The van der Waals surface area contributed by atoms with Gasteiger partial charge in [-0.3, -0.25) is 0 Å². The van der Waals surface area contributed by atoms with Crippen LogP contribution < -0.4 is 5.32 Å². The highest BCUT2D eigenvalue weighted by atomic mass is 32.1. The topological polar surface area (TPSA) is 121 Å². The lowest BCUT2D eigenvalue weighted by Crippen LogP contribution is -2.28. The molecular weight excluding hydrogens is 439 g/mol. The molecule has 0 aliphatic rings. The Kier molecular flexibility index (Phi) is 7.83. The maximum atomic E-state index is 13.9. The maximum Gasteiger partial charge on any atom is 0.220 e. The van der Waals surface area contributed by atoms with Gasteiger partial charge >= 0.3 is 0 Å². The average Bonchev–Trinajstić information content (AvgIpc) is 2.96. The lowest BCUT2D eigenvalue weighted by Gasteiger charge is -2.20. The van der Waals surface area contributed by atoms with Gasteiger partial charge in [0.2, 0.25) is 11.0 Å². The number of aromatic hydroxyl groups is 1. The zero-order valence-electron chi connectivity index (χ0n) is 17.3. The number of anilines is 1. The van der Waals surface area contributed by atoms with Crippen LogP contribution in [0.1, 0.15) is 13.8 Å². The number of nitrogens with one attached hydrogen (secondary N) is 1. The third kappa shape index (κ3) is 6.05. The molecule has 0 spiro atoms. The molecule has 3 aromatic rings. The van der Waals surface area contributed by atoms with Gasteiger partial charge in [-0.05, 0) is 56.4 Å². The van der Waals surface area contributed by atoms with Crippen LogP contribution in [-0.2, 0) is 16.0 Å². The van der Waals surface area contributed by atoms with Crippen molar-refractivity contribution < 1.29 is 29.2 Å². The Morgan fingerprint density at radius 3 is 2.56 bits per heavy atom. The summed E-state index contributed by atoms with van der Waals surface area (Å²) in [6, 6.07) is 12.9. The third-order valence-corrected chi connectivity index (χ3v) is 4.50. The van der Waals surface area contributed by atoms with E-state index in [0.717, 1.165) is 0 Å². The summed E-state index contributed by atoms with van der Waals surface area (Å²) in [5.74, 6) is -0.893. The highest BCUT2D eigenvalue weighted by Gasteiger charge is 2.21. The van der Waals surface area contributed by atoms with E-state index in [0.29, 0.717) is 11.2 Å². The second-order valence-corrected chi connectivity index (χ2v) is 7.22. The Bertz CT molecular complexity index is 1110. The van der Waals surface area contributed by atoms with Crippen molar-refractivity contribution in [3.8, 4) is 5.88 Å². The van der Waals surface area contributed by atoms with E-state index < -0.39 is 24.7 Å². The molecule has 0 amide bonds. The van der Waals surface area contributed by atoms with E-state index in [-0.39, 0.29) is 28.6 Å². The van der Waals surface area contributed by atoms with Gasteiger partial charge in [0.1, 0.15) is 5.82 Å². The van der Waals surface area contributed by atoms with Gasteiger partial charge in [0.15, 0.2) is 24.6 Å². The number of hydrogen-bond donors (Lipinski definition) is 4. The van der Waals surface area contributed by atoms with Crippen LogP contribution in [-0.4, -0.2) is 43.9 Å². The molecule has 3 rings (SSSR count). The standard InChI is InChI=1S/C21H23FN4O5S/c1-12(27)30-13(2)31-18(28)11-26-17-9-8-14(22)10-16(17)19(20(26)29)24-25-21(32)23-15-6-4-3-5-7-15/h3-10,12-13,18,27-29H,11H2,1-2H3,(H,23,32). The van der Waals surface area contributed by atoms with Crippen LogP contribution in [0.4, 0.5) is 15.8 Å². The number of nitrogens with zero attached hydrogens (tertiary/aromatic N) is 3. The fraction of sp³-hybridized carbons (Fsp3) is 0.286. The van der Waals surface area contributed by atoms with Crippen LogP contribution >= 0.6 is 12.2 Å². The molecule has 32 heavy (non-hydrogen) atoms. The monoisotopic (exact) mass is 462 g/mol. The Labute approximate surface area is 188 Å². The minimum Gasteiger partial charge on any atom is -0.493 e. The smallest absolute Gasteiger partial charge is 0.220 e. The van der Waals surface area contributed by atoms with Crippen LogP contribution in [0.25, 0.3) is 10.9 Å². The maximum absolute atomic E-state index is 13.9. The second-order valence-electron chi connectivity index (χ2n) is 6.83. The zero-order valence-corrected chi connectivity index (χ0v) is 18.2. The molecule has 0 bridgehead atoms. The van der Waals surface area contributed by atoms with Crippen molar-refractivity contribution in [1.29, 1.82) is 0 Å². The number of ether oxygens (including phenoxy) is 2. The number of benzene rings is 2. The van der Waals surface area contributed by atoms with Crippen molar-refractivity contribution in [2.75, 3.05) is 5.32 Å². The van der Waals surface area contributed by atoms with Gasteiger partial charge in [0.05, 0.1) is 12.1 Å². The van der Waals surface area contributed by atoms with Crippen molar-refractivity contribution in [2.24, 2.45) is 10.2 Å². The first kappa shape index (κ1) is 23.7. The molecule has 0 aliphatic heterocycles. The second kappa shape index (κ2) is 10.6. The minimum absolute atomic E-state index is 0.0165. The summed E-state index contributed by atoms with van der Waals surface area (Å²) in [5, 5.41) is 41.3. The van der Waals surface area contributed by atoms with Gasteiger partial charge in [0, 0.05) is 11.1 Å². The summed E-state index contributed by atoms with van der Waals surface area (Å²) >= 11 is 5.16. The normalized spacial score (nSPS) is 14.5. The van der Waals surface area contributed by atoms with Gasteiger partial charge in [-0.1, -0.05) is 18.2 Å². The molecule has 9 nitrogen and oxygen atoms in total. The number of azo groups is 1. The highest BCUT2D eigenvalue weighted by molar-refractivity contribution is 7.80. The van der Waals surface area contributed by atoms with Crippen molar-refractivity contribution in [3.63, 3.8) is 0 Å². The molecule has 0 radical (unpaired) electrons. The fourth-order valence-electron chi connectivity index (χ4n) is 3.07. The number of aliphatic hydroxyl groups is 2. The Morgan fingerprint density at radius 1 is 1.16 bits per heavy atom. The lowest BCUT2D eigenvalue weighted by molar-refractivity contribution is -0.266. The number of aliphatic hydroxyl groups excluding tert-OH is 2. The van der Waals surface area contributed by atoms with Crippen molar-refractivity contribution >= 4 is 39.6 Å². The summed E-state index contributed by atoms with van der Waals surface area (Å²) in [5.41, 5.74) is 1.09. The van der Waals surface area contributed by atoms with E-state index in [4.69, 9.17) is 21.7 Å². The SMILES string of the molecule is CC(O)OC(C)OC(O)Cn1c(O)c(N=NC(=S)Nc2ccccc2)c2cc(F)ccc21. The predicted octanol–water partition coefficient (Wildman–Crippen LogP) is 4.00. The molecule has 1 heterocycles. The van der Waals surface area contributed by atoms with Crippen molar-refractivity contribution in [2.45, 2.75) is 39.3 Å². The van der Waals surface area contributed by atoms with E-state index >= 15 is 0 Å². The fourth-order valence-corrected chi connectivity index (χ4v) is 3.23. The van der Waals surface area contributed by atoms with Crippen LogP contribution in [0.5, 0.6) is 5.88 Å². The highest BCUT2D eigenvalue weighted by Crippen LogP contribution is 2.39. The van der Waals surface area contributed by atoms with E-state index in [1.54, 1.807) is 12.1 Å². The van der Waals surface area contributed by atoms with Gasteiger partial charge in [-0.2, -0.15) is 0 Å². The third-order valence-electron chi connectivity index (χ3n) is 4.31. The van der Waals surface area contributed by atoms with E-state index in [9.17, 15) is 19.7 Å². The zero-order chi connectivity index (χ0) is 23.3. The van der Waals surface area contributed by atoms with Gasteiger partial charge in [-0.15, -0.1) is 10.2 Å². The molecule has 2 aromatic carbocycles. The number of para-hydroxylation sites is 1. The van der Waals surface area contributed by atoms with Crippen LogP contribution in [0.2, 0.25) is 0 Å². The lowest BCUT2D eigenvalue weighted by atomic mass is 10.2. The number of hydrogen-bond acceptors (Lipinski definition) is 7. The largest absolute Gasteiger partial charge is 0.493 e. The summed E-state index contributed by atoms with van der Waals surface area (Å²) in [7, 11) is 0. The van der Waals surface area contributed by atoms with Crippen LogP contribution in [0.15, 0.2) is 58.8 Å². The number of rotatable bonds is 8. The minimum atomic E-state index is -1.40. The summed E-state index contributed by atoms with van der Waals surface area (Å²) in [6.07, 6.45) is -3.39. The molecule has 0 saturated carbocycles. The van der Waals surface area contributed by atoms with Gasteiger partial charge in [0.25, 0.3) is 0 Å². The molecule has 0 saturated heterocycles. The molecule has 3 unspecified atom stereocenters. The van der Waals surface area contributed by atoms with E-state index in [1.165, 1.54) is 36.6 Å². The first-order chi connectivity index (χ1) is 15.2. The molecule has 3 atom stereocenters. The first-order valence-electron chi connectivity index (χ1n) is 9.70. The number of fused-ring (bicyclic) bond motifs is 1. The molecule has 170 valence electrons. The molecule has 0 fully saturated rings. The summed E-state index contributed by atoms with van der Waals surface area (Å²) < 4.78 is 25.4. The first-order valence-corrected chi connectivity index (χ1v) is 10.1. The van der Waals surface area contributed by atoms with Crippen LogP contribution in [0.3, 0.4) is 0 Å². The summed E-state index contributed by atoms with van der Waals surface area (Å²) in [6.45, 7) is 2.68.